The molecule has 0 aliphatic rings. The third-order valence-corrected chi connectivity index (χ3v) is 4.03. The molecule has 3 aromatic rings. The summed E-state index contributed by atoms with van der Waals surface area (Å²) in [6.07, 6.45) is 2.99. The summed E-state index contributed by atoms with van der Waals surface area (Å²) in [5.41, 5.74) is 1.48. The number of nitrogens with one attached hydrogen (secondary N) is 1. The maximum atomic E-state index is 11.5. The Labute approximate surface area is 133 Å². The Balaban J connectivity index is 1.77. The second-order valence-corrected chi connectivity index (χ2v) is 6.29. The van der Waals surface area contributed by atoms with Crippen LogP contribution in [0.3, 0.4) is 0 Å². The van der Waals surface area contributed by atoms with E-state index in [9.17, 15) is 8.42 Å². The van der Waals surface area contributed by atoms with E-state index in [4.69, 9.17) is 9.56 Å². The number of rotatable bonds is 5. The van der Waals surface area contributed by atoms with Gasteiger partial charge in [-0.3, -0.25) is 0 Å². The molecule has 0 radical (unpaired) electrons. The molecule has 8 heteroatoms. The summed E-state index contributed by atoms with van der Waals surface area (Å²) in [6, 6.07) is 12.4. The van der Waals surface area contributed by atoms with Crippen molar-refractivity contribution in [1.82, 2.24) is 9.97 Å². The van der Waals surface area contributed by atoms with Gasteiger partial charge in [-0.05, 0) is 24.3 Å². The Kier molecular flexibility index (Phi) is 4.09. The number of aromatic nitrogens is 2. The quantitative estimate of drug-likeness (QED) is 0.740. The van der Waals surface area contributed by atoms with E-state index in [0.29, 0.717) is 11.6 Å². The third kappa shape index (κ3) is 3.55. The van der Waals surface area contributed by atoms with Gasteiger partial charge in [0, 0.05) is 11.8 Å². The van der Waals surface area contributed by atoms with Crippen LogP contribution in [-0.2, 0) is 16.6 Å². The van der Waals surface area contributed by atoms with Crippen molar-refractivity contribution >= 4 is 15.8 Å². The molecule has 118 valence electrons. The highest BCUT2D eigenvalue weighted by atomic mass is 32.2. The Morgan fingerprint density at radius 1 is 1.13 bits per heavy atom. The van der Waals surface area contributed by atoms with E-state index in [1.807, 2.05) is 30.3 Å². The Hall–Kier alpha value is -2.71. The first-order valence-corrected chi connectivity index (χ1v) is 8.30. The molecule has 2 aromatic heterocycles. The molecule has 0 atom stereocenters. The van der Waals surface area contributed by atoms with E-state index in [-0.39, 0.29) is 17.3 Å². The highest BCUT2D eigenvalue weighted by Gasteiger charge is 2.15. The van der Waals surface area contributed by atoms with Crippen molar-refractivity contribution in [1.29, 1.82) is 0 Å². The van der Waals surface area contributed by atoms with Crippen LogP contribution in [0.15, 0.2) is 64.2 Å². The van der Waals surface area contributed by atoms with E-state index in [1.165, 1.54) is 24.6 Å². The van der Waals surface area contributed by atoms with E-state index in [1.54, 1.807) is 0 Å². The largest absolute Gasteiger partial charge is 0.444 e. The van der Waals surface area contributed by atoms with Gasteiger partial charge in [-0.15, -0.1) is 0 Å². The molecule has 0 bridgehead atoms. The van der Waals surface area contributed by atoms with Gasteiger partial charge >= 0.3 is 0 Å². The minimum Gasteiger partial charge on any atom is -0.444 e. The number of oxazole rings is 1. The summed E-state index contributed by atoms with van der Waals surface area (Å²) < 4.78 is 28.5. The normalized spacial score (nSPS) is 11.3. The highest BCUT2D eigenvalue weighted by Crippen LogP contribution is 2.20. The van der Waals surface area contributed by atoms with Crippen molar-refractivity contribution in [3.63, 3.8) is 0 Å². The zero-order chi connectivity index (χ0) is 16.3. The Morgan fingerprint density at radius 3 is 2.65 bits per heavy atom. The standard InChI is InChI=1S/C15H14N4O3S/c16-23(20,21)13-7-4-8-17-14(13)18-9-12-10-22-15(19-12)11-5-2-1-3-6-11/h1-8,10H,9H2,(H,17,18)(H2,16,20,21). The molecule has 0 aliphatic carbocycles. The fraction of sp³-hybridized carbons (Fsp3) is 0.0667. The average molecular weight is 330 g/mol. The minimum atomic E-state index is -3.84. The van der Waals surface area contributed by atoms with Gasteiger partial charge < -0.3 is 9.73 Å². The second-order valence-electron chi connectivity index (χ2n) is 4.76. The highest BCUT2D eigenvalue weighted by molar-refractivity contribution is 7.89. The van der Waals surface area contributed by atoms with Crippen LogP contribution in [0.2, 0.25) is 0 Å². The first-order chi connectivity index (χ1) is 11.0. The number of nitrogens with two attached hydrogens (primary N) is 1. The van der Waals surface area contributed by atoms with E-state index in [0.717, 1.165) is 5.56 Å². The van der Waals surface area contributed by atoms with Crippen LogP contribution in [-0.4, -0.2) is 18.4 Å². The van der Waals surface area contributed by atoms with Crippen molar-refractivity contribution in [2.75, 3.05) is 5.32 Å². The van der Waals surface area contributed by atoms with Crippen LogP contribution in [0.1, 0.15) is 5.69 Å². The molecule has 0 saturated heterocycles. The molecule has 23 heavy (non-hydrogen) atoms. The van der Waals surface area contributed by atoms with Gasteiger partial charge in [-0.25, -0.2) is 23.5 Å². The van der Waals surface area contributed by atoms with Crippen LogP contribution in [0.4, 0.5) is 5.82 Å². The summed E-state index contributed by atoms with van der Waals surface area (Å²) in [5.74, 6) is 0.675. The number of sulfonamides is 1. The number of anilines is 1. The zero-order valence-corrected chi connectivity index (χ0v) is 12.8. The smallest absolute Gasteiger partial charge is 0.241 e. The summed E-state index contributed by atoms with van der Waals surface area (Å²) in [7, 11) is -3.84. The van der Waals surface area contributed by atoms with Gasteiger partial charge in [0.25, 0.3) is 0 Å². The molecule has 7 nitrogen and oxygen atoms in total. The van der Waals surface area contributed by atoms with Crippen molar-refractivity contribution in [3.05, 3.63) is 60.6 Å². The molecule has 0 aliphatic heterocycles. The van der Waals surface area contributed by atoms with Crippen molar-refractivity contribution < 1.29 is 12.8 Å². The number of pyridine rings is 1. The molecular weight excluding hydrogens is 316 g/mol. The molecule has 0 saturated carbocycles. The molecule has 2 heterocycles. The van der Waals surface area contributed by atoms with Gasteiger partial charge in [0.05, 0.1) is 12.2 Å². The second kappa shape index (κ2) is 6.19. The lowest BCUT2D eigenvalue weighted by Crippen LogP contribution is -2.16. The molecule has 0 spiro atoms. The van der Waals surface area contributed by atoms with E-state index < -0.39 is 10.0 Å². The van der Waals surface area contributed by atoms with Gasteiger partial charge in [0.2, 0.25) is 15.9 Å². The lowest BCUT2D eigenvalue weighted by Gasteiger charge is -2.07. The number of primary sulfonamides is 1. The van der Waals surface area contributed by atoms with Gasteiger partial charge in [0.1, 0.15) is 17.0 Å². The van der Waals surface area contributed by atoms with Crippen LogP contribution in [0, 0.1) is 0 Å². The van der Waals surface area contributed by atoms with Crippen molar-refractivity contribution in [2.45, 2.75) is 11.4 Å². The lowest BCUT2D eigenvalue weighted by atomic mass is 10.2. The number of hydrogen-bond donors (Lipinski definition) is 2. The van der Waals surface area contributed by atoms with Gasteiger partial charge in [-0.1, -0.05) is 18.2 Å². The predicted molar refractivity (Wildman–Crippen MR) is 84.9 cm³/mol. The van der Waals surface area contributed by atoms with Crippen LogP contribution >= 0.6 is 0 Å². The monoisotopic (exact) mass is 330 g/mol. The van der Waals surface area contributed by atoms with Crippen molar-refractivity contribution in [3.8, 4) is 11.5 Å². The molecular formula is C15H14N4O3S. The van der Waals surface area contributed by atoms with Gasteiger partial charge in [-0.2, -0.15) is 0 Å². The molecule has 0 fully saturated rings. The van der Waals surface area contributed by atoms with E-state index >= 15 is 0 Å². The Morgan fingerprint density at radius 2 is 1.91 bits per heavy atom. The first-order valence-electron chi connectivity index (χ1n) is 6.75. The van der Waals surface area contributed by atoms with E-state index in [2.05, 4.69) is 15.3 Å². The Bertz CT molecular complexity index is 907. The third-order valence-electron chi connectivity index (χ3n) is 3.09. The summed E-state index contributed by atoms with van der Waals surface area (Å²) in [4.78, 5) is 8.28. The van der Waals surface area contributed by atoms with Gasteiger partial charge in [0.15, 0.2) is 0 Å². The molecule has 1 aromatic carbocycles. The van der Waals surface area contributed by atoms with Crippen LogP contribution < -0.4 is 10.5 Å². The van der Waals surface area contributed by atoms with Crippen molar-refractivity contribution in [2.24, 2.45) is 5.14 Å². The van der Waals surface area contributed by atoms with Crippen LogP contribution in [0.5, 0.6) is 0 Å². The molecule has 3 rings (SSSR count). The summed E-state index contributed by atoms with van der Waals surface area (Å²) >= 11 is 0. The zero-order valence-electron chi connectivity index (χ0n) is 12.0. The minimum absolute atomic E-state index is 0.0632. The first kappa shape index (κ1) is 15.2. The fourth-order valence-corrected chi connectivity index (χ4v) is 2.69. The summed E-state index contributed by atoms with van der Waals surface area (Å²) in [5, 5.41) is 8.07. The number of hydrogen-bond acceptors (Lipinski definition) is 6. The molecule has 0 amide bonds. The summed E-state index contributed by atoms with van der Waals surface area (Å²) in [6.45, 7) is 0.260. The SMILES string of the molecule is NS(=O)(=O)c1cccnc1NCc1coc(-c2ccccc2)n1. The number of benzene rings is 1. The average Bonchev–Trinajstić information content (AvgIpc) is 3.02. The molecule has 0 unspecified atom stereocenters. The predicted octanol–water partition coefficient (Wildman–Crippen LogP) is 2.00. The maximum Gasteiger partial charge on any atom is 0.241 e. The lowest BCUT2D eigenvalue weighted by molar-refractivity contribution is 0.573. The van der Waals surface area contributed by atoms with Crippen LogP contribution in [0.25, 0.3) is 11.5 Å². The molecule has 3 N–H and O–H groups in total. The topological polar surface area (TPSA) is 111 Å². The fourth-order valence-electron chi connectivity index (χ4n) is 2.03. The number of nitrogens with zero attached hydrogens (tertiary/aromatic N) is 2. The maximum absolute atomic E-state index is 11.5.